The van der Waals surface area contributed by atoms with Gasteiger partial charge in [-0.1, -0.05) is 51.8 Å². The summed E-state index contributed by atoms with van der Waals surface area (Å²) in [6.07, 6.45) is 13.5. The van der Waals surface area contributed by atoms with Crippen molar-refractivity contribution in [1.29, 1.82) is 0 Å². The van der Waals surface area contributed by atoms with Crippen molar-refractivity contribution < 1.29 is 17.9 Å². The average Bonchev–Trinajstić information content (AvgIpc) is 3.30. The van der Waals surface area contributed by atoms with E-state index in [1.54, 1.807) is 18.2 Å². The molecule has 1 atom stereocenters. The van der Waals surface area contributed by atoms with Crippen molar-refractivity contribution in [2.24, 2.45) is 5.41 Å². The van der Waals surface area contributed by atoms with Gasteiger partial charge in [0.15, 0.2) is 0 Å². The van der Waals surface area contributed by atoms with Gasteiger partial charge in [-0.15, -0.1) is 0 Å². The van der Waals surface area contributed by atoms with Crippen LogP contribution in [-0.2, 0) is 16.3 Å². The Morgan fingerprint density at radius 2 is 1.69 bits per heavy atom. The molecular weight excluding hydrogens is 545 g/mol. The van der Waals surface area contributed by atoms with Crippen LogP contribution < -0.4 is 0 Å². The first-order valence-corrected chi connectivity index (χ1v) is 18.1. The molecule has 232 valence electrons. The van der Waals surface area contributed by atoms with Crippen LogP contribution in [0.1, 0.15) is 115 Å². The van der Waals surface area contributed by atoms with Gasteiger partial charge in [0, 0.05) is 6.04 Å². The smallest absolute Gasteiger partial charge is 0.150 e. The zero-order chi connectivity index (χ0) is 30.2. The second-order valence-electron chi connectivity index (χ2n) is 13.8. The number of phenols is 1. The van der Waals surface area contributed by atoms with Crippen LogP contribution in [0.4, 0.5) is 4.39 Å². The largest absolute Gasteiger partial charge is 0.508 e. The van der Waals surface area contributed by atoms with Gasteiger partial charge in [0.1, 0.15) is 21.4 Å². The number of aromatic hydroxyl groups is 1. The van der Waals surface area contributed by atoms with E-state index in [1.165, 1.54) is 48.0 Å². The lowest BCUT2D eigenvalue weighted by atomic mass is 9.89. The van der Waals surface area contributed by atoms with Gasteiger partial charge in [0.05, 0.1) is 11.5 Å². The summed E-state index contributed by atoms with van der Waals surface area (Å²) in [5, 5.41) is 10.1. The van der Waals surface area contributed by atoms with Gasteiger partial charge in [-0.05, 0) is 141 Å². The van der Waals surface area contributed by atoms with Crippen LogP contribution in [0.15, 0.2) is 42.5 Å². The third-order valence-corrected chi connectivity index (χ3v) is 10.9. The molecule has 0 radical (unpaired) electrons. The lowest BCUT2D eigenvalue weighted by Crippen LogP contribution is -2.31. The molecule has 1 unspecified atom stereocenters. The fraction of sp³-hybridized carbons (Fsp3) is 0.611. The highest BCUT2D eigenvalue weighted by atomic mass is 32.2. The van der Waals surface area contributed by atoms with Gasteiger partial charge >= 0.3 is 0 Å². The Balaban J connectivity index is 1.26. The Morgan fingerprint density at radius 1 is 0.929 bits per heavy atom. The minimum absolute atomic E-state index is 0.0569. The van der Waals surface area contributed by atoms with Crippen molar-refractivity contribution >= 4 is 21.0 Å². The zero-order valence-electron chi connectivity index (χ0n) is 26.1. The molecule has 2 aromatic carbocycles. The van der Waals surface area contributed by atoms with Gasteiger partial charge in [-0.25, -0.2) is 12.8 Å². The first-order chi connectivity index (χ1) is 20.0. The quantitative estimate of drug-likeness (QED) is 0.221. The van der Waals surface area contributed by atoms with Gasteiger partial charge in [-0.3, -0.25) is 0 Å². The molecule has 1 fully saturated rings. The number of halogens is 1. The molecule has 6 heteroatoms. The predicted molar refractivity (Wildman–Crippen MR) is 174 cm³/mol. The topological polar surface area (TPSA) is 57.6 Å². The highest BCUT2D eigenvalue weighted by molar-refractivity contribution is 7.91. The fourth-order valence-electron chi connectivity index (χ4n) is 6.69. The molecule has 1 N–H and O–H groups in total. The predicted octanol–water partition coefficient (Wildman–Crippen LogP) is 8.82. The fourth-order valence-corrected chi connectivity index (χ4v) is 8.43. The first kappa shape index (κ1) is 32.7. The van der Waals surface area contributed by atoms with Gasteiger partial charge in [0.2, 0.25) is 0 Å². The van der Waals surface area contributed by atoms with E-state index in [0.717, 1.165) is 76.4 Å². The summed E-state index contributed by atoms with van der Waals surface area (Å²) in [7, 11) is -2.96. The Bertz CT molecular complexity index is 1290. The van der Waals surface area contributed by atoms with E-state index in [2.05, 4.69) is 31.7 Å². The van der Waals surface area contributed by atoms with Crippen LogP contribution in [-0.4, -0.2) is 49.1 Å². The minimum atomic E-state index is -2.96. The van der Waals surface area contributed by atoms with Crippen LogP contribution in [0.25, 0.3) is 11.1 Å². The second kappa shape index (κ2) is 15.0. The molecule has 1 aliphatic carbocycles. The van der Waals surface area contributed by atoms with E-state index in [-0.39, 0.29) is 11.2 Å². The lowest BCUT2D eigenvalue weighted by molar-refractivity contribution is 0.236. The van der Waals surface area contributed by atoms with Crippen LogP contribution in [0.3, 0.4) is 0 Å². The Labute approximate surface area is 254 Å². The minimum Gasteiger partial charge on any atom is -0.508 e. The molecule has 4 nitrogen and oxygen atoms in total. The Kier molecular flexibility index (Phi) is 11.7. The van der Waals surface area contributed by atoms with E-state index < -0.39 is 9.84 Å². The molecular formula is C36H52FNO3S. The molecule has 1 heterocycles. The maximum atomic E-state index is 13.7. The number of fused-ring (bicyclic) bond motifs is 1. The number of benzene rings is 2. The molecule has 0 saturated carbocycles. The summed E-state index contributed by atoms with van der Waals surface area (Å²) in [6, 6.07) is 13.2. The van der Waals surface area contributed by atoms with E-state index in [1.807, 2.05) is 18.2 Å². The average molecular weight is 598 g/mol. The highest BCUT2D eigenvalue weighted by Crippen LogP contribution is 2.39. The van der Waals surface area contributed by atoms with Crippen LogP contribution in [0.2, 0.25) is 0 Å². The summed E-state index contributed by atoms with van der Waals surface area (Å²) >= 11 is 0. The maximum Gasteiger partial charge on any atom is 0.150 e. The summed E-state index contributed by atoms with van der Waals surface area (Å²) in [4.78, 5) is 2.60. The van der Waals surface area contributed by atoms with Gasteiger partial charge in [0.25, 0.3) is 0 Å². The van der Waals surface area contributed by atoms with Crippen molar-refractivity contribution in [2.45, 2.75) is 110 Å². The summed E-state index contributed by atoms with van der Waals surface area (Å²) < 4.78 is 38.7. The third-order valence-electron chi connectivity index (χ3n) is 9.12. The third kappa shape index (κ3) is 9.94. The van der Waals surface area contributed by atoms with E-state index in [9.17, 15) is 17.9 Å². The molecule has 1 saturated heterocycles. The number of allylic oxidation sites excluding steroid dienone is 2. The molecule has 42 heavy (non-hydrogen) atoms. The number of unbranched alkanes of at least 4 members (excludes halogenated alkanes) is 3. The summed E-state index contributed by atoms with van der Waals surface area (Å²) in [5.74, 6) is 0.745. The van der Waals surface area contributed by atoms with Crippen LogP contribution >= 0.6 is 0 Å². The number of rotatable bonds is 14. The number of likely N-dealkylation sites (tertiary alicyclic amines) is 1. The second-order valence-corrected chi connectivity index (χ2v) is 16.1. The number of phenolic OH excluding ortho intramolecular Hbond substituents is 1. The Morgan fingerprint density at radius 3 is 2.45 bits per heavy atom. The summed E-state index contributed by atoms with van der Waals surface area (Å²) in [6.45, 7) is 8.55. The highest BCUT2D eigenvalue weighted by Gasteiger charge is 2.25. The molecule has 0 amide bonds. The van der Waals surface area contributed by atoms with E-state index in [0.29, 0.717) is 23.3 Å². The number of hydrogen-bond donors (Lipinski definition) is 1. The first-order valence-electron chi connectivity index (χ1n) is 16.3. The van der Waals surface area contributed by atoms with Crippen LogP contribution in [0.5, 0.6) is 5.75 Å². The molecule has 0 spiro atoms. The zero-order valence-corrected chi connectivity index (χ0v) is 27.0. The number of sulfone groups is 1. The summed E-state index contributed by atoms with van der Waals surface area (Å²) in [5.41, 5.74) is 6.29. The van der Waals surface area contributed by atoms with Crippen molar-refractivity contribution in [2.75, 3.05) is 24.6 Å². The van der Waals surface area contributed by atoms with E-state index >= 15 is 0 Å². The van der Waals surface area contributed by atoms with Gasteiger partial charge < -0.3 is 10.0 Å². The molecule has 0 aromatic heterocycles. The SMILES string of the molecule is CC(C)(C)CCS(=O)(=O)CCCC1CCCN1CCCCCCC1=C(c2ccc(F)cc2)CCCc2cc(O)ccc21. The number of nitrogens with zero attached hydrogens (tertiary/aromatic N) is 1. The molecule has 2 aromatic rings. The van der Waals surface area contributed by atoms with Crippen molar-refractivity contribution in [3.63, 3.8) is 0 Å². The standard InChI is InChI=1S/C36H52FNO3S/c1-36(2,3)22-26-42(40,41)25-10-13-31-12-9-24-38(31)23-7-5-4-6-14-35-33(28-16-18-30(37)19-17-28)15-8-11-29-27-32(39)20-21-34(29)35/h16-21,27,31,39H,4-15,22-26H2,1-3H3. The van der Waals surface area contributed by atoms with Crippen LogP contribution in [0, 0.1) is 11.2 Å². The molecule has 4 rings (SSSR count). The van der Waals surface area contributed by atoms with Crippen molar-refractivity contribution in [3.8, 4) is 5.75 Å². The number of aryl methyl sites for hydroxylation is 1. The molecule has 1 aliphatic heterocycles. The lowest BCUT2D eigenvalue weighted by Gasteiger charge is -2.24. The number of hydrogen-bond acceptors (Lipinski definition) is 4. The van der Waals surface area contributed by atoms with Crippen molar-refractivity contribution in [3.05, 3.63) is 65.0 Å². The van der Waals surface area contributed by atoms with Gasteiger partial charge in [-0.2, -0.15) is 0 Å². The maximum absolute atomic E-state index is 13.7. The molecule has 0 bridgehead atoms. The van der Waals surface area contributed by atoms with Crippen molar-refractivity contribution in [1.82, 2.24) is 4.90 Å². The monoisotopic (exact) mass is 597 g/mol. The Hall–Kier alpha value is -2.18. The van der Waals surface area contributed by atoms with E-state index in [4.69, 9.17) is 0 Å². The normalized spacial score (nSPS) is 18.3. The molecule has 2 aliphatic rings.